The molecule has 3 N–H and O–H groups in total. The summed E-state index contributed by atoms with van der Waals surface area (Å²) in [6.07, 6.45) is -2.26. The van der Waals surface area contributed by atoms with Crippen LogP contribution in [0.25, 0.3) is 0 Å². The van der Waals surface area contributed by atoms with Gasteiger partial charge in [0.15, 0.2) is 11.7 Å². The maximum absolute atomic E-state index is 12.7. The molecule has 0 bridgehead atoms. The Balaban J connectivity index is 2.60. The molecule has 1 aromatic rings. The molecule has 0 radical (unpaired) electrons. The molecular formula is C18H30F3N5O2S. The second-order valence-electron chi connectivity index (χ2n) is 7.42. The van der Waals surface area contributed by atoms with Crippen molar-refractivity contribution in [1.29, 1.82) is 0 Å². The van der Waals surface area contributed by atoms with Crippen molar-refractivity contribution in [3.63, 3.8) is 0 Å². The van der Waals surface area contributed by atoms with E-state index in [1.165, 1.54) is 0 Å². The Morgan fingerprint density at radius 1 is 1.31 bits per heavy atom. The van der Waals surface area contributed by atoms with Crippen molar-refractivity contribution in [1.82, 2.24) is 20.9 Å². The van der Waals surface area contributed by atoms with Crippen LogP contribution in [0.5, 0.6) is 0 Å². The fourth-order valence-electron chi connectivity index (χ4n) is 2.27. The molecule has 0 spiro atoms. The molecule has 0 aromatic carbocycles. The summed E-state index contributed by atoms with van der Waals surface area (Å²) < 4.78 is 43.2. The number of carbonyl (C=O) groups is 1. The van der Waals surface area contributed by atoms with Crippen LogP contribution in [-0.4, -0.2) is 42.3 Å². The van der Waals surface area contributed by atoms with Gasteiger partial charge in [-0.05, 0) is 27.2 Å². The maximum Gasteiger partial charge on any atom is 0.434 e. The number of aromatic nitrogens is 1. The lowest BCUT2D eigenvalue weighted by molar-refractivity contribution is -0.140. The van der Waals surface area contributed by atoms with E-state index >= 15 is 0 Å². The number of alkyl carbamates (subject to hydrolysis) is 1. The van der Waals surface area contributed by atoms with Crippen LogP contribution < -0.4 is 16.0 Å². The van der Waals surface area contributed by atoms with Crippen molar-refractivity contribution in [3.05, 3.63) is 16.1 Å². The molecule has 11 heteroatoms. The summed E-state index contributed by atoms with van der Waals surface area (Å²) in [5, 5.41) is 10.2. The zero-order chi connectivity index (χ0) is 22.1. The molecule has 166 valence electrons. The number of rotatable bonds is 8. The summed E-state index contributed by atoms with van der Waals surface area (Å²) in [7, 11) is 1.57. The number of halogens is 3. The number of hydrogen-bond acceptors (Lipinski definition) is 5. The van der Waals surface area contributed by atoms with Gasteiger partial charge in [0.05, 0.1) is 6.54 Å². The molecule has 7 nitrogen and oxygen atoms in total. The molecule has 1 unspecified atom stereocenters. The largest absolute Gasteiger partial charge is 0.444 e. The van der Waals surface area contributed by atoms with E-state index in [2.05, 4.69) is 32.9 Å². The highest BCUT2D eigenvalue weighted by molar-refractivity contribution is 7.09. The van der Waals surface area contributed by atoms with Gasteiger partial charge in [-0.1, -0.05) is 19.8 Å². The average molecular weight is 438 g/mol. The van der Waals surface area contributed by atoms with Crippen LogP contribution in [0.2, 0.25) is 0 Å². The molecule has 0 aliphatic rings. The zero-order valence-electron chi connectivity index (χ0n) is 17.4. The SMILES string of the molecule is CCCCC(CNC(=O)OC(C)(C)C)NC(=NC)NCc1nc(C(F)(F)F)cs1. The zero-order valence-corrected chi connectivity index (χ0v) is 18.3. The van der Waals surface area contributed by atoms with Crippen molar-refractivity contribution < 1.29 is 22.7 Å². The number of alkyl halides is 3. The lowest BCUT2D eigenvalue weighted by Gasteiger charge is -2.24. The molecule has 0 aliphatic heterocycles. The fourth-order valence-corrected chi connectivity index (χ4v) is 3.01. The first-order valence-electron chi connectivity index (χ1n) is 9.40. The summed E-state index contributed by atoms with van der Waals surface area (Å²) in [6, 6.07) is -0.115. The molecular weight excluding hydrogens is 407 g/mol. The van der Waals surface area contributed by atoms with E-state index in [0.717, 1.165) is 36.0 Å². The van der Waals surface area contributed by atoms with Crippen LogP contribution in [-0.2, 0) is 17.5 Å². The highest BCUT2D eigenvalue weighted by Crippen LogP contribution is 2.29. The molecule has 0 saturated carbocycles. The summed E-state index contributed by atoms with van der Waals surface area (Å²) in [5.74, 6) is 0.417. The Bertz CT molecular complexity index is 671. The van der Waals surface area contributed by atoms with E-state index < -0.39 is 23.6 Å². The third-order valence-electron chi connectivity index (χ3n) is 3.61. The number of nitrogens with one attached hydrogen (secondary N) is 3. The minimum atomic E-state index is -4.45. The standard InChI is InChI=1S/C18H30F3N5O2S/c1-6-7-8-12(9-24-16(27)28-17(2,3)4)25-15(22-5)23-10-14-26-13(11-29-14)18(19,20)21/h11-12H,6-10H2,1-5H3,(H,24,27)(H2,22,23,25). The highest BCUT2D eigenvalue weighted by atomic mass is 32.1. The Hall–Kier alpha value is -2.04. The first kappa shape index (κ1) is 25.0. The Morgan fingerprint density at radius 3 is 2.52 bits per heavy atom. The number of hydrogen-bond donors (Lipinski definition) is 3. The van der Waals surface area contributed by atoms with E-state index in [1.54, 1.807) is 27.8 Å². The predicted octanol–water partition coefficient (Wildman–Crippen LogP) is 3.91. The Labute approximate surface area is 173 Å². The van der Waals surface area contributed by atoms with E-state index in [0.29, 0.717) is 17.5 Å². The van der Waals surface area contributed by atoms with Gasteiger partial charge < -0.3 is 20.7 Å². The van der Waals surface area contributed by atoms with E-state index in [4.69, 9.17) is 4.74 Å². The molecule has 0 fully saturated rings. The van der Waals surface area contributed by atoms with Gasteiger partial charge in [0.25, 0.3) is 0 Å². The third kappa shape index (κ3) is 10.3. The van der Waals surface area contributed by atoms with E-state index in [-0.39, 0.29) is 12.6 Å². The van der Waals surface area contributed by atoms with Gasteiger partial charge in [0.2, 0.25) is 0 Å². The predicted molar refractivity (Wildman–Crippen MR) is 108 cm³/mol. The van der Waals surface area contributed by atoms with E-state index in [9.17, 15) is 18.0 Å². The maximum atomic E-state index is 12.7. The summed E-state index contributed by atoms with van der Waals surface area (Å²) in [5.41, 5.74) is -1.48. The van der Waals surface area contributed by atoms with E-state index in [1.807, 2.05) is 0 Å². The van der Waals surface area contributed by atoms with Crippen LogP contribution in [0, 0.1) is 0 Å². The topological polar surface area (TPSA) is 87.6 Å². The lowest BCUT2D eigenvalue weighted by Crippen LogP contribution is -2.48. The first-order chi connectivity index (χ1) is 13.4. The number of amides is 1. The molecule has 1 atom stereocenters. The van der Waals surface area contributed by atoms with Crippen LogP contribution >= 0.6 is 11.3 Å². The average Bonchev–Trinajstić information content (AvgIpc) is 3.08. The second-order valence-corrected chi connectivity index (χ2v) is 8.36. The number of aliphatic imine (C=N–C) groups is 1. The summed E-state index contributed by atoms with van der Waals surface area (Å²) in [4.78, 5) is 19.6. The summed E-state index contributed by atoms with van der Waals surface area (Å²) in [6.45, 7) is 7.85. The minimum Gasteiger partial charge on any atom is -0.444 e. The van der Waals surface area contributed by atoms with Gasteiger partial charge in [-0.3, -0.25) is 4.99 Å². The van der Waals surface area contributed by atoms with Crippen LogP contribution in [0.3, 0.4) is 0 Å². The molecule has 1 rings (SSSR count). The fraction of sp³-hybridized carbons (Fsp3) is 0.722. The van der Waals surface area contributed by atoms with Crippen LogP contribution in [0.4, 0.5) is 18.0 Å². The van der Waals surface area contributed by atoms with Gasteiger partial charge >= 0.3 is 12.3 Å². The monoisotopic (exact) mass is 437 g/mol. The minimum absolute atomic E-state index is 0.112. The Morgan fingerprint density at radius 2 is 2.00 bits per heavy atom. The number of guanidine groups is 1. The van der Waals surface area contributed by atoms with Gasteiger partial charge in [-0.15, -0.1) is 11.3 Å². The first-order valence-corrected chi connectivity index (χ1v) is 10.3. The molecule has 1 heterocycles. The van der Waals surface area contributed by atoms with Gasteiger partial charge in [0.1, 0.15) is 10.6 Å². The van der Waals surface area contributed by atoms with Crippen molar-refractivity contribution in [2.45, 2.75) is 71.3 Å². The van der Waals surface area contributed by atoms with Gasteiger partial charge in [-0.2, -0.15) is 13.2 Å². The van der Waals surface area contributed by atoms with Crippen LogP contribution in [0.15, 0.2) is 10.4 Å². The normalized spacial score (nSPS) is 13.7. The molecule has 1 amide bonds. The quantitative estimate of drug-likeness (QED) is 0.424. The number of thiazole rings is 1. The Kier molecular flexibility index (Phi) is 9.67. The van der Waals surface area contributed by atoms with Crippen molar-refractivity contribution in [3.8, 4) is 0 Å². The molecule has 0 aliphatic carbocycles. The van der Waals surface area contributed by atoms with Gasteiger partial charge in [-0.25, -0.2) is 9.78 Å². The van der Waals surface area contributed by atoms with Crippen LogP contribution in [0.1, 0.15) is 57.7 Å². The summed E-state index contributed by atoms with van der Waals surface area (Å²) >= 11 is 0.931. The number of nitrogens with zero attached hydrogens (tertiary/aromatic N) is 2. The molecule has 0 saturated heterocycles. The number of unbranched alkanes of at least 4 members (excludes halogenated alkanes) is 1. The second kappa shape index (κ2) is 11.2. The number of carbonyl (C=O) groups excluding carboxylic acids is 1. The number of ether oxygens (including phenoxy) is 1. The lowest BCUT2D eigenvalue weighted by atomic mass is 10.1. The van der Waals surface area contributed by atoms with Gasteiger partial charge in [0, 0.05) is 25.0 Å². The third-order valence-corrected chi connectivity index (χ3v) is 4.46. The van der Waals surface area contributed by atoms with Crippen molar-refractivity contribution >= 4 is 23.4 Å². The molecule has 1 aromatic heterocycles. The van der Waals surface area contributed by atoms with Crippen molar-refractivity contribution in [2.75, 3.05) is 13.6 Å². The highest BCUT2D eigenvalue weighted by Gasteiger charge is 2.33. The molecule has 29 heavy (non-hydrogen) atoms. The van der Waals surface area contributed by atoms with Crippen molar-refractivity contribution in [2.24, 2.45) is 4.99 Å². The smallest absolute Gasteiger partial charge is 0.434 e.